The van der Waals surface area contributed by atoms with Gasteiger partial charge in [0.05, 0.1) is 0 Å². The van der Waals surface area contributed by atoms with E-state index in [9.17, 15) is 0 Å². The summed E-state index contributed by atoms with van der Waals surface area (Å²) in [5.74, 6) is 0. The molecule has 17 heavy (non-hydrogen) atoms. The van der Waals surface area contributed by atoms with E-state index in [-0.39, 0.29) is 6.04 Å². The van der Waals surface area contributed by atoms with Gasteiger partial charge < -0.3 is 15.4 Å². The summed E-state index contributed by atoms with van der Waals surface area (Å²) in [5, 5.41) is 0. The minimum Gasteiger partial charge on any atom is -0.385 e. The minimum absolute atomic E-state index is 0.210. The number of ether oxygens (including phenoxy) is 1. The number of para-hydroxylation sites is 1. The Balaban J connectivity index is 1.98. The highest BCUT2D eigenvalue weighted by atomic mass is 16.5. The predicted molar refractivity (Wildman–Crippen MR) is 71.3 cm³/mol. The van der Waals surface area contributed by atoms with E-state index < -0.39 is 0 Å². The summed E-state index contributed by atoms with van der Waals surface area (Å²) >= 11 is 0. The zero-order chi connectivity index (χ0) is 12.1. The largest absolute Gasteiger partial charge is 0.385 e. The molecule has 0 bridgehead atoms. The first-order valence-corrected chi connectivity index (χ1v) is 6.41. The maximum absolute atomic E-state index is 6.14. The van der Waals surface area contributed by atoms with Crippen molar-refractivity contribution < 1.29 is 4.74 Å². The molecule has 0 aliphatic carbocycles. The predicted octanol–water partition coefficient (Wildman–Crippen LogP) is 2.32. The lowest BCUT2D eigenvalue weighted by Crippen LogP contribution is -2.34. The summed E-state index contributed by atoms with van der Waals surface area (Å²) in [6.07, 6.45) is 3.36. The monoisotopic (exact) mass is 234 g/mol. The second-order valence-corrected chi connectivity index (χ2v) is 4.64. The second-order valence-electron chi connectivity index (χ2n) is 4.64. The second kappa shape index (κ2) is 6.03. The summed E-state index contributed by atoms with van der Waals surface area (Å²) in [6.45, 7) is 3.03. The number of nitrogens with zero attached hydrogens (tertiary/aromatic N) is 1. The van der Waals surface area contributed by atoms with Crippen LogP contribution in [0.5, 0.6) is 0 Å². The van der Waals surface area contributed by atoms with Gasteiger partial charge in [-0.15, -0.1) is 0 Å². The first-order valence-electron chi connectivity index (χ1n) is 6.41. The van der Waals surface area contributed by atoms with Gasteiger partial charge in [0.25, 0.3) is 0 Å². The number of unbranched alkanes of at least 4 members (excludes halogenated alkanes) is 1. The maximum Gasteiger partial charge on any atom is 0.0462 e. The van der Waals surface area contributed by atoms with Crippen LogP contribution in [0, 0.1) is 0 Å². The summed E-state index contributed by atoms with van der Waals surface area (Å²) in [7, 11) is 1.76. The zero-order valence-electron chi connectivity index (χ0n) is 10.6. The highest BCUT2D eigenvalue weighted by molar-refractivity contribution is 5.56. The number of benzene rings is 1. The first-order chi connectivity index (χ1) is 8.33. The van der Waals surface area contributed by atoms with E-state index in [1.807, 2.05) is 0 Å². The van der Waals surface area contributed by atoms with Crippen molar-refractivity contribution in [3.05, 3.63) is 29.8 Å². The van der Waals surface area contributed by atoms with Crippen molar-refractivity contribution in [3.63, 3.8) is 0 Å². The fourth-order valence-electron chi connectivity index (χ4n) is 2.44. The van der Waals surface area contributed by atoms with E-state index in [2.05, 4.69) is 29.2 Å². The molecule has 3 nitrogen and oxygen atoms in total. The molecule has 94 valence electrons. The van der Waals surface area contributed by atoms with E-state index in [1.54, 1.807) is 7.11 Å². The van der Waals surface area contributed by atoms with Crippen LogP contribution in [0.4, 0.5) is 5.69 Å². The molecule has 0 spiro atoms. The normalized spacial score (nSPS) is 19.2. The van der Waals surface area contributed by atoms with Crippen LogP contribution in [0.2, 0.25) is 0 Å². The van der Waals surface area contributed by atoms with Gasteiger partial charge in [-0.2, -0.15) is 0 Å². The van der Waals surface area contributed by atoms with Crippen LogP contribution in [-0.2, 0) is 4.74 Å². The number of methoxy groups -OCH3 is 1. The van der Waals surface area contributed by atoms with Crippen molar-refractivity contribution in [2.24, 2.45) is 5.73 Å². The summed E-state index contributed by atoms with van der Waals surface area (Å²) < 4.78 is 5.08. The van der Waals surface area contributed by atoms with Crippen molar-refractivity contribution in [1.29, 1.82) is 0 Å². The molecule has 0 amide bonds. The van der Waals surface area contributed by atoms with Crippen LogP contribution in [0.15, 0.2) is 24.3 Å². The Kier molecular flexibility index (Phi) is 4.40. The van der Waals surface area contributed by atoms with Gasteiger partial charge in [0.15, 0.2) is 0 Å². The number of anilines is 1. The summed E-state index contributed by atoms with van der Waals surface area (Å²) in [6, 6.07) is 8.72. The fraction of sp³-hybridized carbons (Fsp3) is 0.571. The molecule has 0 saturated carbocycles. The van der Waals surface area contributed by atoms with Crippen LogP contribution in [0.25, 0.3) is 0 Å². The zero-order valence-corrected chi connectivity index (χ0v) is 10.6. The smallest absolute Gasteiger partial charge is 0.0462 e. The van der Waals surface area contributed by atoms with Crippen LogP contribution >= 0.6 is 0 Å². The van der Waals surface area contributed by atoms with Crippen molar-refractivity contribution in [2.75, 3.05) is 31.7 Å². The Labute approximate surface area is 104 Å². The van der Waals surface area contributed by atoms with Crippen molar-refractivity contribution >= 4 is 5.69 Å². The average molecular weight is 234 g/mol. The number of rotatable bonds is 5. The van der Waals surface area contributed by atoms with Crippen LogP contribution in [0.3, 0.4) is 0 Å². The molecule has 0 saturated heterocycles. The van der Waals surface area contributed by atoms with Gasteiger partial charge in [0.1, 0.15) is 0 Å². The molecular formula is C14H22N2O. The third-order valence-electron chi connectivity index (χ3n) is 3.41. The minimum atomic E-state index is 0.210. The molecule has 1 aliphatic heterocycles. The summed E-state index contributed by atoms with van der Waals surface area (Å²) in [5.41, 5.74) is 8.76. The molecule has 1 aromatic carbocycles. The third kappa shape index (κ3) is 2.99. The van der Waals surface area contributed by atoms with Gasteiger partial charge in [-0.05, 0) is 30.9 Å². The highest BCUT2D eigenvalue weighted by Crippen LogP contribution is 2.31. The highest BCUT2D eigenvalue weighted by Gasteiger charge is 2.21. The lowest BCUT2D eigenvalue weighted by atomic mass is 9.97. The SMILES string of the molecule is COCCCCN1CCC(N)c2ccccc21. The van der Waals surface area contributed by atoms with Gasteiger partial charge in [0, 0.05) is 38.5 Å². The summed E-state index contributed by atoms with van der Waals surface area (Å²) in [4.78, 5) is 2.45. The van der Waals surface area contributed by atoms with Crippen LogP contribution in [0.1, 0.15) is 30.9 Å². The van der Waals surface area contributed by atoms with E-state index in [0.29, 0.717) is 0 Å². The van der Waals surface area contributed by atoms with Crippen molar-refractivity contribution in [1.82, 2.24) is 0 Å². The number of fused-ring (bicyclic) bond motifs is 1. The molecule has 0 aromatic heterocycles. The molecule has 2 N–H and O–H groups in total. The first kappa shape index (κ1) is 12.4. The Morgan fingerprint density at radius 1 is 1.35 bits per heavy atom. The average Bonchev–Trinajstić information content (AvgIpc) is 2.37. The molecule has 1 aliphatic rings. The number of hydrogen-bond acceptors (Lipinski definition) is 3. The van der Waals surface area contributed by atoms with E-state index in [0.717, 1.165) is 32.5 Å². The van der Waals surface area contributed by atoms with E-state index in [1.165, 1.54) is 17.7 Å². The Hall–Kier alpha value is -1.06. The number of nitrogens with two attached hydrogens (primary N) is 1. The Bertz CT molecular complexity index is 354. The lowest BCUT2D eigenvalue weighted by Gasteiger charge is -2.34. The van der Waals surface area contributed by atoms with E-state index >= 15 is 0 Å². The standard InChI is InChI=1S/C14H22N2O/c1-17-11-5-4-9-16-10-8-13(15)12-6-2-3-7-14(12)16/h2-3,6-7,13H,4-5,8-11,15H2,1H3. The molecule has 2 rings (SSSR count). The van der Waals surface area contributed by atoms with Gasteiger partial charge in [-0.3, -0.25) is 0 Å². The molecule has 1 unspecified atom stereocenters. The van der Waals surface area contributed by atoms with Crippen LogP contribution in [-0.4, -0.2) is 26.8 Å². The molecule has 0 radical (unpaired) electrons. The number of hydrogen-bond donors (Lipinski definition) is 1. The molecule has 1 heterocycles. The molecule has 1 atom stereocenters. The van der Waals surface area contributed by atoms with Gasteiger partial charge in [-0.1, -0.05) is 18.2 Å². The van der Waals surface area contributed by atoms with E-state index in [4.69, 9.17) is 10.5 Å². The fourth-order valence-corrected chi connectivity index (χ4v) is 2.44. The van der Waals surface area contributed by atoms with Crippen molar-refractivity contribution in [3.8, 4) is 0 Å². The third-order valence-corrected chi connectivity index (χ3v) is 3.41. The van der Waals surface area contributed by atoms with Crippen LogP contribution < -0.4 is 10.6 Å². The Morgan fingerprint density at radius 2 is 2.18 bits per heavy atom. The van der Waals surface area contributed by atoms with Gasteiger partial charge >= 0.3 is 0 Å². The lowest BCUT2D eigenvalue weighted by molar-refractivity contribution is 0.193. The Morgan fingerprint density at radius 3 is 3.00 bits per heavy atom. The molecule has 0 fully saturated rings. The quantitative estimate of drug-likeness (QED) is 0.795. The van der Waals surface area contributed by atoms with Gasteiger partial charge in [0.2, 0.25) is 0 Å². The van der Waals surface area contributed by atoms with Crippen molar-refractivity contribution in [2.45, 2.75) is 25.3 Å². The topological polar surface area (TPSA) is 38.5 Å². The maximum atomic E-state index is 6.14. The van der Waals surface area contributed by atoms with Gasteiger partial charge in [-0.25, -0.2) is 0 Å². The molecular weight excluding hydrogens is 212 g/mol. The molecule has 3 heteroatoms. The molecule has 1 aromatic rings.